The topological polar surface area (TPSA) is 186 Å². The van der Waals surface area contributed by atoms with Gasteiger partial charge in [0.1, 0.15) is 35.7 Å². The van der Waals surface area contributed by atoms with E-state index in [4.69, 9.17) is 4.65 Å². The van der Waals surface area contributed by atoms with Crippen molar-refractivity contribution in [2.24, 2.45) is 0 Å². The summed E-state index contributed by atoms with van der Waals surface area (Å²) in [5, 5.41) is 33.4. The summed E-state index contributed by atoms with van der Waals surface area (Å²) in [7, 11) is -1.89. The number of carboxylic acids is 1. The summed E-state index contributed by atoms with van der Waals surface area (Å²) in [4.78, 5) is 62.6. The number of nitrogens with one attached hydrogen (secondary N) is 2. The number of rotatable bonds is 6. The molecule has 0 bridgehead atoms. The lowest BCUT2D eigenvalue weighted by molar-refractivity contribution is -0.170. The van der Waals surface area contributed by atoms with Gasteiger partial charge in [-0.3, -0.25) is 19.3 Å². The molecular weight excluding hydrogens is 594 g/mol. The number of nitrogens with zero attached hydrogens (tertiary/aromatic N) is 2. The molecule has 4 rings (SSSR count). The second kappa shape index (κ2) is 11.7. The van der Waals surface area contributed by atoms with Crippen LogP contribution < -0.4 is 15.3 Å². The Balaban J connectivity index is 1.59. The van der Waals surface area contributed by atoms with Crippen LogP contribution in [0.4, 0.5) is 26.7 Å². The summed E-state index contributed by atoms with van der Waals surface area (Å²) in [6.45, 7) is -3.27. The molecule has 2 atom stereocenters. The van der Waals surface area contributed by atoms with E-state index in [9.17, 15) is 61.2 Å². The molecule has 0 aliphatic carbocycles. The number of hydrogen-bond acceptors (Lipinski definition) is 8. The number of aromatic carboxylic acids is 1. The lowest BCUT2D eigenvalue weighted by Gasteiger charge is -2.34. The molecule has 1 saturated heterocycles. The van der Waals surface area contributed by atoms with E-state index in [2.05, 4.69) is 5.32 Å². The molecule has 43 heavy (non-hydrogen) atoms. The molecule has 2 aliphatic heterocycles. The van der Waals surface area contributed by atoms with Crippen LogP contribution in [0.25, 0.3) is 0 Å². The van der Waals surface area contributed by atoms with E-state index in [0.29, 0.717) is 12.1 Å². The van der Waals surface area contributed by atoms with Crippen molar-refractivity contribution in [1.29, 1.82) is 0 Å². The highest BCUT2D eigenvalue weighted by Gasteiger charge is 2.44. The number of imide groups is 1. The molecule has 0 aromatic heterocycles. The van der Waals surface area contributed by atoms with Crippen molar-refractivity contribution in [3.05, 3.63) is 58.7 Å². The van der Waals surface area contributed by atoms with E-state index < -0.39 is 97.6 Å². The zero-order valence-corrected chi connectivity index (χ0v) is 21.5. The molecule has 5 N–H and O–H groups in total. The Hall–Kier alpha value is -4.94. The minimum atomic E-state index is -4.85. The maximum absolute atomic E-state index is 14.8. The Morgan fingerprint density at radius 3 is 2.35 bits per heavy atom. The van der Waals surface area contributed by atoms with Gasteiger partial charge in [-0.15, -0.1) is 0 Å². The number of urea groups is 1. The van der Waals surface area contributed by atoms with Crippen molar-refractivity contribution in [3.63, 3.8) is 0 Å². The molecule has 1 fully saturated rings. The predicted molar refractivity (Wildman–Crippen MR) is 131 cm³/mol. The number of benzene rings is 2. The summed E-state index contributed by atoms with van der Waals surface area (Å²) >= 11 is 0. The fourth-order valence-corrected chi connectivity index (χ4v) is 4.53. The van der Waals surface area contributed by atoms with Crippen LogP contribution in [0.3, 0.4) is 0 Å². The zero-order chi connectivity index (χ0) is 31.8. The van der Waals surface area contributed by atoms with Gasteiger partial charge < -0.3 is 35.4 Å². The van der Waals surface area contributed by atoms with E-state index in [-0.39, 0.29) is 33.1 Å². The van der Waals surface area contributed by atoms with Crippen LogP contribution in [0.5, 0.6) is 11.5 Å². The number of piperazine rings is 1. The van der Waals surface area contributed by atoms with Gasteiger partial charge in [-0.05, 0) is 18.1 Å². The highest BCUT2D eigenvalue weighted by Crippen LogP contribution is 2.31. The van der Waals surface area contributed by atoms with E-state index in [1.807, 2.05) is 5.32 Å². The summed E-state index contributed by atoms with van der Waals surface area (Å²) < 4.78 is 73.1. The Bertz CT molecular complexity index is 1490. The summed E-state index contributed by atoms with van der Waals surface area (Å²) in [5.74, 6) is -11.7. The monoisotopic (exact) mass is 614 g/mol. The molecule has 19 heteroatoms. The van der Waals surface area contributed by atoms with Crippen molar-refractivity contribution in [1.82, 2.24) is 20.4 Å². The molecule has 13 nitrogen and oxygen atoms in total. The first-order valence-corrected chi connectivity index (χ1v) is 12.2. The lowest BCUT2D eigenvalue weighted by Crippen LogP contribution is -2.61. The van der Waals surface area contributed by atoms with Crippen LogP contribution in [0.1, 0.15) is 27.5 Å². The quantitative estimate of drug-likeness (QED) is 0.176. The molecule has 228 valence electrons. The van der Waals surface area contributed by atoms with Gasteiger partial charge in [0.15, 0.2) is 0 Å². The molecule has 0 saturated carbocycles. The zero-order valence-electron chi connectivity index (χ0n) is 21.5. The van der Waals surface area contributed by atoms with E-state index >= 15 is 0 Å². The van der Waals surface area contributed by atoms with Crippen molar-refractivity contribution in [2.45, 2.75) is 24.6 Å². The van der Waals surface area contributed by atoms with Crippen LogP contribution in [0.15, 0.2) is 30.3 Å². The van der Waals surface area contributed by atoms with Gasteiger partial charge in [0, 0.05) is 25.2 Å². The molecule has 0 spiro atoms. The molecule has 2 aromatic rings. The highest BCUT2D eigenvalue weighted by atomic mass is 19.4. The number of amides is 5. The van der Waals surface area contributed by atoms with Crippen molar-refractivity contribution in [2.75, 3.05) is 19.6 Å². The number of halogens is 5. The number of carboxylic acid groups (broad SMARTS) is 1. The number of phenols is 1. The van der Waals surface area contributed by atoms with Gasteiger partial charge in [-0.2, -0.15) is 13.2 Å². The van der Waals surface area contributed by atoms with Gasteiger partial charge in [-0.1, -0.05) is 12.1 Å². The van der Waals surface area contributed by atoms with Crippen molar-refractivity contribution >= 4 is 36.8 Å². The number of alkyl halides is 3. The Labute approximate surface area is 237 Å². The molecule has 5 amide bonds. The average molecular weight is 614 g/mol. The molecule has 2 aliphatic rings. The Morgan fingerprint density at radius 1 is 1.09 bits per heavy atom. The van der Waals surface area contributed by atoms with Gasteiger partial charge in [0.2, 0.25) is 5.91 Å². The van der Waals surface area contributed by atoms with Crippen LogP contribution in [0, 0.1) is 11.6 Å². The summed E-state index contributed by atoms with van der Waals surface area (Å²) in [6, 6.07) is 0.877. The van der Waals surface area contributed by atoms with Gasteiger partial charge in [0.05, 0.1) is 17.1 Å². The molecule has 0 radical (unpaired) electrons. The van der Waals surface area contributed by atoms with E-state index in [1.165, 1.54) is 18.2 Å². The SMILES string of the molecule is O=C(O)c1cccc2c1OB(O)[C@@H](NC(=O)[C@H](NC(=O)N1CCN(CC(F)(F)F)C(=O)C1=O)c1c(F)cc(O)cc1F)C2. The predicted octanol–water partition coefficient (Wildman–Crippen LogP) is 0.492. The smallest absolute Gasteiger partial charge is 0.534 e. The first kappa shape index (κ1) is 31.0. The minimum Gasteiger partial charge on any atom is -0.534 e. The highest BCUT2D eigenvalue weighted by molar-refractivity contribution is 6.47. The fraction of sp³-hybridized carbons (Fsp3) is 0.292. The fourth-order valence-electron chi connectivity index (χ4n) is 4.53. The van der Waals surface area contributed by atoms with Crippen LogP contribution >= 0.6 is 0 Å². The number of phenolic OH excluding ortho intramolecular Hbond substituents is 1. The normalized spacial score (nSPS) is 17.6. The number of carbonyl (C=O) groups excluding carboxylic acids is 4. The average Bonchev–Trinajstić information content (AvgIpc) is 2.89. The maximum Gasteiger partial charge on any atom is 0.547 e. The van der Waals surface area contributed by atoms with Crippen LogP contribution in [-0.4, -0.2) is 93.6 Å². The van der Waals surface area contributed by atoms with Gasteiger partial charge in [0.25, 0.3) is 0 Å². The number of para-hydroxylation sites is 1. The number of fused-ring (bicyclic) bond motifs is 1. The molecule has 2 heterocycles. The second-order valence-electron chi connectivity index (χ2n) is 9.43. The Morgan fingerprint density at radius 2 is 1.74 bits per heavy atom. The van der Waals surface area contributed by atoms with Gasteiger partial charge >= 0.3 is 37.1 Å². The first-order chi connectivity index (χ1) is 20.1. The summed E-state index contributed by atoms with van der Waals surface area (Å²) in [6.07, 6.45) is -5.10. The third-order valence-corrected chi connectivity index (χ3v) is 6.48. The standard InChI is InChI=1S/C24H20BF5N4O9/c26-13-7-11(35)8-14(27)16(13)17(32-23(41)34-5-4-33(9-24(28,29)30)20(37)21(34)38)19(36)31-15-6-10-2-1-3-12(22(39)40)18(10)43-25(15)42/h1-3,7-8,15,17,35,42H,4-6,9H2,(H,31,36)(H,32,41)(H,39,40)/t15-,17+/m0/s1. The van der Waals surface area contributed by atoms with Crippen molar-refractivity contribution in [3.8, 4) is 11.5 Å². The third-order valence-electron chi connectivity index (χ3n) is 6.48. The third kappa shape index (κ3) is 6.61. The molecular formula is C24H20BF5N4O9. The van der Waals surface area contributed by atoms with E-state index in [1.54, 1.807) is 0 Å². The summed E-state index contributed by atoms with van der Waals surface area (Å²) in [5.41, 5.74) is -1.22. The first-order valence-electron chi connectivity index (χ1n) is 12.2. The second-order valence-corrected chi connectivity index (χ2v) is 9.43. The maximum atomic E-state index is 14.8. The van der Waals surface area contributed by atoms with Crippen LogP contribution in [-0.2, 0) is 20.8 Å². The number of carbonyl (C=O) groups is 5. The molecule has 2 aromatic carbocycles. The Kier molecular flexibility index (Phi) is 8.47. The number of hydrogen-bond donors (Lipinski definition) is 5. The lowest BCUT2D eigenvalue weighted by atomic mass is 9.72. The van der Waals surface area contributed by atoms with E-state index in [0.717, 1.165) is 0 Å². The largest absolute Gasteiger partial charge is 0.547 e. The minimum absolute atomic E-state index is 0.147. The van der Waals surface area contributed by atoms with Crippen molar-refractivity contribution < 1.29 is 65.8 Å². The molecule has 0 unspecified atom stereocenters. The number of aromatic hydroxyl groups is 1. The van der Waals surface area contributed by atoms with Gasteiger partial charge in [-0.25, -0.2) is 18.4 Å². The van der Waals surface area contributed by atoms with Crippen LogP contribution in [0.2, 0.25) is 0 Å².